The third-order valence-electron chi connectivity index (χ3n) is 5.85. The van der Waals surface area contributed by atoms with E-state index in [1.54, 1.807) is 35.1 Å². The van der Waals surface area contributed by atoms with Crippen molar-refractivity contribution in [2.45, 2.75) is 25.2 Å². The number of nitrogens with two attached hydrogens (primary N) is 1. The van der Waals surface area contributed by atoms with Crippen molar-refractivity contribution >= 4 is 22.5 Å². The van der Waals surface area contributed by atoms with Gasteiger partial charge < -0.3 is 11.1 Å². The molecule has 0 bridgehead atoms. The molecule has 0 aliphatic carbocycles. The summed E-state index contributed by atoms with van der Waals surface area (Å²) >= 11 is 0. The van der Waals surface area contributed by atoms with E-state index in [-0.39, 0.29) is 36.6 Å². The number of nitrogens with one attached hydrogen (secondary N) is 1. The number of hydrogen-bond donors (Lipinski definition) is 2. The van der Waals surface area contributed by atoms with Crippen LogP contribution in [0.5, 0.6) is 0 Å². The number of aromatic nitrogens is 5. The normalized spacial score (nSPS) is 16.7. The number of anilines is 2. The molecule has 3 N–H and O–H groups in total. The lowest BCUT2D eigenvalue weighted by Crippen LogP contribution is -2.34. The molecule has 3 aromatic heterocycles. The average molecular weight is 486 g/mol. The van der Waals surface area contributed by atoms with Crippen LogP contribution in [0.2, 0.25) is 0 Å². The van der Waals surface area contributed by atoms with Crippen molar-refractivity contribution < 1.29 is 17.6 Å². The first-order valence-electron chi connectivity index (χ1n) is 11.0. The molecule has 1 atom stereocenters. The number of hydrogen-bond acceptors (Lipinski definition) is 7. The predicted octanol–water partition coefficient (Wildman–Crippen LogP) is 3.71. The summed E-state index contributed by atoms with van der Waals surface area (Å²) in [6.45, 7) is -0.177. The quantitative estimate of drug-likeness (QED) is 0.401. The molecule has 1 aromatic carbocycles. The number of benzene rings is 1. The monoisotopic (exact) mass is 486 g/mol. The van der Waals surface area contributed by atoms with Crippen LogP contribution in [0.1, 0.15) is 12.0 Å². The molecule has 12 heteroatoms. The fourth-order valence-electron chi connectivity index (χ4n) is 4.26. The van der Waals surface area contributed by atoms with E-state index in [4.69, 9.17) is 5.73 Å². The Hall–Kier alpha value is -3.80. The Labute approximate surface area is 197 Å². The Bertz CT molecular complexity index is 1350. The number of halogens is 4. The van der Waals surface area contributed by atoms with Crippen LogP contribution in [0, 0.1) is 5.82 Å². The standard InChI is InChI=1S/C23H22F4N8/c24-17-6-2-1-4-14(17)11-35-22-16(5-3-8-29-22)19(33-35)21-30-10-18(20(28)32-21)31-15-7-9-34(12-15)13-23(25,26)27/h1-6,8,10,15,31H,7,9,11-13H2,(H2,28,30,32). The van der Waals surface area contributed by atoms with E-state index in [9.17, 15) is 17.6 Å². The molecule has 35 heavy (non-hydrogen) atoms. The summed E-state index contributed by atoms with van der Waals surface area (Å²) in [5, 5.41) is 8.42. The van der Waals surface area contributed by atoms with Crippen LogP contribution in [0.25, 0.3) is 22.6 Å². The van der Waals surface area contributed by atoms with Gasteiger partial charge in [-0.1, -0.05) is 18.2 Å². The van der Waals surface area contributed by atoms with E-state index in [0.717, 1.165) is 0 Å². The summed E-state index contributed by atoms with van der Waals surface area (Å²) in [7, 11) is 0. The number of likely N-dealkylation sites (tertiary alicyclic amines) is 1. The maximum Gasteiger partial charge on any atom is 0.401 e. The molecule has 182 valence electrons. The van der Waals surface area contributed by atoms with Gasteiger partial charge in [0.2, 0.25) is 0 Å². The summed E-state index contributed by atoms with van der Waals surface area (Å²) in [6.07, 6.45) is -0.556. The molecule has 8 nitrogen and oxygen atoms in total. The lowest BCUT2D eigenvalue weighted by Gasteiger charge is -2.19. The number of fused-ring (bicyclic) bond motifs is 1. The maximum atomic E-state index is 14.2. The van der Waals surface area contributed by atoms with Gasteiger partial charge in [-0.2, -0.15) is 18.3 Å². The zero-order valence-corrected chi connectivity index (χ0v) is 18.5. The highest BCUT2D eigenvalue weighted by Crippen LogP contribution is 2.28. The van der Waals surface area contributed by atoms with Gasteiger partial charge in [0.1, 0.15) is 11.5 Å². The Morgan fingerprint density at radius 3 is 2.71 bits per heavy atom. The second kappa shape index (κ2) is 9.10. The van der Waals surface area contributed by atoms with Crippen molar-refractivity contribution in [2.24, 2.45) is 0 Å². The highest BCUT2D eigenvalue weighted by Gasteiger charge is 2.34. The van der Waals surface area contributed by atoms with Crippen LogP contribution in [0.4, 0.5) is 29.1 Å². The summed E-state index contributed by atoms with van der Waals surface area (Å²) in [5.41, 5.74) is 8.06. The lowest BCUT2D eigenvalue weighted by atomic mass is 10.2. The van der Waals surface area contributed by atoms with Crippen LogP contribution in [-0.2, 0) is 6.54 Å². The second-order valence-electron chi connectivity index (χ2n) is 8.44. The summed E-state index contributed by atoms with van der Waals surface area (Å²) in [6, 6.07) is 9.82. The summed E-state index contributed by atoms with van der Waals surface area (Å²) < 4.78 is 53.8. The van der Waals surface area contributed by atoms with Crippen molar-refractivity contribution in [1.29, 1.82) is 0 Å². The third kappa shape index (κ3) is 5.02. The Morgan fingerprint density at radius 1 is 1.11 bits per heavy atom. The molecule has 0 saturated carbocycles. The van der Waals surface area contributed by atoms with E-state index >= 15 is 0 Å². The van der Waals surface area contributed by atoms with E-state index < -0.39 is 12.7 Å². The van der Waals surface area contributed by atoms with Gasteiger partial charge >= 0.3 is 6.18 Å². The average Bonchev–Trinajstić information content (AvgIpc) is 3.40. The van der Waals surface area contributed by atoms with Gasteiger partial charge in [-0.25, -0.2) is 24.0 Å². The summed E-state index contributed by atoms with van der Waals surface area (Å²) in [4.78, 5) is 14.5. The highest BCUT2D eigenvalue weighted by molar-refractivity contribution is 5.89. The Morgan fingerprint density at radius 2 is 1.94 bits per heavy atom. The van der Waals surface area contributed by atoms with E-state index in [0.29, 0.717) is 40.9 Å². The minimum absolute atomic E-state index is 0.157. The molecule has 1 aliphatic heterocycles. The maximum absolute atomic E-state index is 14.2. The molecule has 0 spiro atoms. The first kappa shape index (κ1) is 23.0. The summed E-state index contributed by atoms with van der Waals surface area (Å²) in [5.74, 6) is 0.0821. The molecule has 0 amide bonds. The molecule has 4 heterocycles. The fourth-order valence-corrected chi connectivity index (χ4v) is 4.26. The Kier molecular flexibility index (Phi) is 5.97. The van der Waals surface area contributed by atoms with Gasteiger partial charge in [-0.05, 0) is 24.6 Å². The number of nitrogens with zero attached hydrogens (tertiary/aromatic N) is 6. The van der Waals surface area contributed by atoms with Crippen LogP contribution in [0.15, 0.2) is 48.8 Å². The van der Waals surface area contributed by atoms with Gasteiger partial charge in [0.15, 0.2) is 17.3 Å². The molecule has 4 aromatic rings. The fraction of sp³-hybridized carbons (Fsp3) is 0.304. The van der Waals surface area contributed by atoms with Crippen LogP contribution >= 0.6 is 0 Å². The van der Waals surface area contributed by atoms with Gasteiger partial charge in [0.05, 0.1) is 30.4 Å². The molecule has 1 unspecified atom stereocenters. The molecule has 1 fully saturated rings. The highest BCUT2D eigenvalue weighted by atomic mass is 19.4. The van der Waals surface area contributed by atoms with Crippen LogP contribution in [0.3, 0.4) is 0 Å². The van der Waals surface area contributed by atoms with Crippen LogP contribution < -0.4 is 11.1 Å². The van der Waals surface area contributed by atoms with Crippen molar-refractivity contribution in [2.75, 3.05) is 30.7 Å². The SMILES string of the molecule is Nc1nc(-c2nn(Cc3ccccc3F)c3ncccc23)ncc1NC1CCN(CC(F)(F)F)C1. The third-order valence-corrected chi connectivity index (χ3v) is 5.85. The smallest absolute Gasteiger partial charge is 0.382 e. The minimum Gasteiger partial charge on any atom is -0.382 e. The largest absolute Gasteiger partial charge is 0.401 e. The molecule has 1 aliphatic rings. The lowest BCUT2D eigenvalue weighted by molar-refractivity contribution is -0.143. The Balaban J connectivity index is 1.38. The minimum atomic E-state index is -4.23. The first-order valence-corrected chi connectivity index (χ1v) is 11.0. The number of nitrogen functional groups attached to an aromatic ring is 1. The van der Waals surface area contributed by atoms with Gasteiger partial charge in [-0.15, -0.1) is 0 Å². The van der Waals surface area contributed by atoms with Gasteiger partial charge in [0.25, 0.3) is 0 Å². The second-order valence-corrected chi connectivity index (χ2v) is 8.44. The molecule has 0 radical (unpaired) electrons. The zero-order chi connectivity index (χ0) is 24.6. The van der Waals surface area contributed by atoms with Crippen molar-refractivity contribution in [3.63, 3.8) is 0 Å². The first-order chi connectivity index (χ1) is 16.8. The zero-order valence-electron chi connectivity index (χ0n) is 18.5. The predicted molar refractivity (Wildman–Crippen MR) is 123 cm³/mol. The van der Waals surface area contributed by atoms with Crippen molar-refractivity contribution in [3.8, 4) is 11.5 Å². The van der Waals surface area contributed by atoms with Gasteiger partial charge in [-0.3, -0.25) is 4.90 Å². The molecular formula is C23H22F4N8. The number of alkyl halides is 3. The van der Waals surface area contributed by atoms with Crippen molar-refractivity contribution in [3.05, 3.63) is 60.2 Å². The van der Waals surface area contributed by atoms with E-state index in [2.05, 4.69) is 25.4 Å². The topological polar surface area (TPSA) is 97.8 Å². The number of pyridine rings is 1. The molecule has 5 rings (SSSR count). The van der Waals surface area contributed by atoms with E-state index in [1.165, 1.54) is 17.2 Å². The van der Waals surface area contributed by atoms with Gasteiger partial charge in [0, 0.05) is 30.9 Å². The van der Waals surface area contributed by atoms with Crippen molar-refractivity contribution in [1.82, 2.24) is 29.6 Å². The van der Waals surface area contributed by atoms with Crippen LogP contribution in [-0.4, -0.2) is 61.5 Å². The van der Waals surface area contributed by atoms with E-state index in [1.807, 2.05) is 6.07 Å². The number of rotatable bonds is 6. The molecular weight excluding hydrogens is 464 g/mol. The molecule has 1 saturated heterocycles.